The molecule has 1 aliphatic rings. The SMILES string of the molecule is CN(CCOc1ccccc1)C1CCNCC1. The molecule has 0 saturated carbocycles. The number of para-hydroxylation sites is 1. The lowest BCUT2D eigenvalue weighted by Gasteiger charge is -2.31. The van der Waals surface area contributed by atoms with Gasteiger partial charge in [0.15, 0.2) is 0 Å². The van der Waals surface area contributed by atoms with Crippen molar-refractivity contribution in [2.45, 2.75) is 18.9 Å². The summed E-state index contributed by atoms with van der Waals surface area (Å²) in [6.45, 7) is 4.06. The van der Waals surface area contributed by atoms with Crippen LogP contribution in [0.5, 0.6) is 5.75 Å². The average molecular weight is 234 g/mol. The molecule has 0 unspecified atom stereocenters. The van der Waals surface area contributed by atoms with E-state index >= 15 is 0 Å². The summed E-state index contributed by atoms with van der Waals surface area (Å²) in [6, 6.07) is 10.7. The Morgan fingerprint density at radius 3 is 2.65 bits per heavy atom. The van der Waals surface area contributed by atoms with Crippen molar-refractivity contribution in [2.24, 2.45) is 0 Å². The number of hydrogen-bond acceptors (Lipinski definition) is 3. The van der Waals surface area contributed by atoms with Gasteiger partial charge < -0.3 is 10.1 Å². The van der Waals surface area contributed by atoms with E-state index in [-0.39, 0.29) is 0 Å². The first-order valence-corrected chi connectivity index (χ1v) is 6.45. The van der Waals surface area contributed by atoms with Crippen molar-refractivity contribution in [1.29, 1.82) is 0 Å². The molecule has 0 aromatic heterocycles. The molecular weight excluding hydrogens is 212 g/mol. The van der Waals surface area contributed by atoms with Gasteiger partial charge in [0.1, 0.15) is 12.4 Å². The Bertz CT molecular complexity index is 309. The zero-order valence-electron chi connectivity index (χ0n) is 10.6. The van der Waals surface area contributed by atoms with Gasteiger partial charge in [-0.05, 0) is 45.1 Å². The van der Waals surface area contributed by atoms with Gasteiger partial charge in [-0.25, -0.2) is 0 Å². The van der Waals surface area contributed by atoms with Crippen molar-refractivity contribution in [3.63, 3.8) is 0 Å². The fourth-order valence-corrected chi connectivity index (χ4v) is 2.25. The molecule has 2 rings (SSSR count). The highest BCUT2D eigenvalue weighted by Gasteiger charge is 2.17. The van der Waals surface area contributed by atoms with Crippen LogP contribution < -0.4 is 10.1 Å². The minimum Gasteiger partial charge on any atom is -0.492 e. The van der Waals surface area contributed by atoms with Crippen molar-refractivity contribution in [2.75, 3.05) is 33.3 Å². The third-order valence-corrected chi connectivity index (χ3v) is 3.39. The Balaban J connectivity index is 1.67. The van der Waals surface area contributed by atoms with E-state index in [4.69, 9.17) is 4.74 Å². The first-order valence-electron chi connectivity index (χ1n) is 6.45. The van der Waals surface area contributed by atoms with Gasteiger partial charge >= 0.3 is 0 Å². The Morgan fingerprint density at radius 1 is 1.24 bits per heavy atom. The lowest BCUT2D eigenvalue weighted by atomic mass is 10.1. The number of benzene rings is 1. The van der Waals surface area contributed by atoms with E-state index in [1.807, 2.05) is 30.3 Å². The second-order valence-corrected chi connectivity index (χ2v) is 4.62. The van der Waals surface area contributed by atoms with Gasteiger partial charge in [0.25, 0.3) is 0 Å². The topological polar surface area (TPSA) is 24.5 Å². The molecular formula is C14H22N2O. The minimum absolute atomic E-state index is 0.718. The molecule has 0 amide bonds. The standard InChI is InChI=1S/C14H22N2O/c1-16(13-7-9-15-10-8-13)11-12-17-14-5-3-2-4-6-14/h2-6,13,15H,7-12H2,1H3. The summed E-state index contributed by atoms with van der Waals surface area (Å²) in [4.78, 5) is 2.42. The molecule has 94 valence electrons. The van der Waals surface area contributed by atoms with Gasteiger partial charge in [-0.1, -0.05) is 18.2 Å². The van der Waals surface area contributed by atoms with Crippen molar-refractivity contribution < 1.29 is 4.74 Å². The second kappa shape index (κ2) is 6.62. The van der Waals surface area contributed by atoms with Crippen molar-refractivity contribution in [1.82, 2.24) is 10.2 Å². The molecule has 17 heavy (non-hydrogen) atoms. The fourth-order valence-electron chi connectivity index (χ4n) is 2.25. The number of rotatable bonds is 5. The summed E-state index contributed by atoms with van der Waals surface area (Å²) in [6.07, 6.45) is 2.50. The van der Waals surface area contributed by atoms with Crippen molar-refractivity contribution >= 4 is 0 Å². The van der Waals surface area contributed by atoms with E-state index in [1.54, 1.807) is 0 Å². The van der Waals surface area contributed by atoms with Crippen LogP contribution in [0.2, 0.25) is 0 Å². The summed E-state index contributed by atoms with van der Waals surface area (Å²) in [5.41, 5.74) is 0. The molecule has 3 nitrogen and oxygen atoms in total. The van der Waals surface area contributed by atoms with Gasteiger partial charge in [0.2, 0.25) is 0 Å². The number of likely N-dealkylation sites (N-methyl/N-ethyl adjacent to an activating group) is 1. The van der Waals surface area contributed by atoms with E-state index in [9.17, 15) is 0 Å². The molecule has 1 saturated heterocycles. The molecule has 0 bridgehead atoms. The minimum atomic E-state index is 0.718. The highest BCUT2D eigenvalue weighted by molar-refractivity contribution is 5.20. The van der Waals surface area contributed by atoms with Crippen molar-refractivity contribution in [3.8, 4) is 5.75 Å². The van der Waals surface area contributed by atoms with E-state index in [0.29, 0.717) is 0 Å². The largest absolute Gasteiger partial charge is 0.492 e. The monoisotopic (exact) mass is 234 g/mol. The highest BCUT2D eigenvalue weighted by atomic mass is 16.5. The number of piperidine rings is 1. The maximum Gasteiger partial charge on any atom is 0.119 e. The molecule has 0 aliphatic carbocycles. The maximum absolute atomic E-state index is 5.71. The Hall–Kier alpha value is -1.06. The van der Waals surface area contributed by atoms with Crippen LogP contribution in [0.3, 0.4) is 0 Å². The van der Waals surface area contributed by atoms with Crippen molar-refractivity contribution in [3.05, 3.63) is 30.3 Å². The molecule has 1 fully saturated rings. The first-order chi connectivity index (χ1) is 8.36. The molecule has 1 N–H and O–H groups in total. The lowest BCUT2D eigenvalue weighted by molar-refractivity contribution is 0.165. The van der Waals surface area contributed by atoms with Crippen LogP contribution in [0.1, 0.15) is 12.8 Å². The third kappa shape index (κ3) is 4.02. The van der Waals surface area contributed by atoms with Crippen LogP contribution in [0.15, 0.2) is 30.3 Å². The van der Waals surface area contributed by atoms with E-state index in [0.717, 1.165) is 38.0 Å². The van der Waals surface area contributed by atoms with Crippen LogP contribution >= 0.6 is 0 Å². The molecule has 1 aromatic carbocycles. The smallest absolute Gasteiger partial charge is 0.119 e. The normalized spacial score (nSPS) is 17.3. The summed E-state index contributed by atoms with van der Waals surface area (Å²) in [5.74, 6) is 0.964. The van der Waals surface area contributed by atoms with Crippen LogP contribution in [0.25, 0.3) is 0 Å². The predicted molar refractivity (Wildman–Crippen MR) is 70.5 cm³/mol. The number of nitrogens with zero attached hydrogens (tertiary/aromatic N) is 1. The Kier molecular flexibility index (Phi) is 4.83. The highest BCUT2D eigenvalue weighted by Crippen LogP contribution is 2.11. The first kappa shape index (κ1) is 12.4. The van der Waals surface area contributed by atoms with Gasteiger partial charge in [-0.3, -0.25) is 4.90 Å². The van der Waals surface area contributed by atoms with Crippen LogP contribution in [-0.2, 0) is 0 Å². The van der Waals surface area contributed by atoms with E-state index in [1.165, 1.54) is 12.8 Å². The average Bonchev–Trinajstić information content (AvgIpc) is 2.41. The zero-order valence-corrected chi connectivity index (χ0v) is 10.6. The Labute approximate surface area is 104 Å². The molecule has 0 radical (unpaired) electrons. The zero-order chi connectivity index (χ0) is 11.9. The molecule has 3 heteroatoms. The quantitative estimate of drug-likeness (QED) is 0.840. The fraction of sp³-hybridized carbons (Fsp3) is 0.571. The number of nitrogens with one attached hydrogen (secondary N) is 1. The Morgan fingerprint density at radius 2 is 1.94 bits per heavy atom. The van der Waals surface area contributed by atoms with Gasteiger partial charge in [0, 0.05) is 12.6 Å². The molecule has 1 heterocycles. The lowest BCUT2D eigenvalue weighted by Crippen LogP contribution is -2.42. The molecule has 0 spiro atoms. The van der Waals surface area contributed by atoms with Gasteiger partial charge in [-0.15, -0.1) is 0 Å². The van der Waals surface area contributed by atoms with E-state index in [2.05, 4.69) is 17.3 Å². The van der Waals surface area contributed by atoms with Crippen LogP contribution in [-0.4, -0.2) is 44.2 Å². The summed E-state index contributed by atoms with van der Waals surface area (Å²) < 4.78 is 5.71. The second-order valence-electron chi connectivity index (χ2n) is 4.62. The maximum atomic E-state index is 5.71. The number of ether oxygens (including phenoxy) is 1. The summed E-state index contributed by atoms with van der Waals surface area (Å²) in [5, 5.41) is 3.39. The van der Waals surface area contributed by atoms with Gasteiger partial charge in [0.05, 0.1) is 0 Å². The van der Waals surface area contributed by atoms with Gasteiger partial charge in [-0.2, -0.15) is 0 Å². The molecule has 1 aliphatic heterocycles. The third-order valence-electron chi connectivity index (χ3n) is 3.39. The summed E-state index contributed by atoms with van der Waals surface area (Å²) >= 11 is 0. The molecule has 0 atom stereocenters. The summed E-state index contributed by atoms with van der Waals surface area (Å²) in [7, 11) is 2.20. The predicted octanol–water partition coefficient (Wildman–Crippen LogP) is 1.75. The molecule has 1 aromatic rings. The number of hydrogen-bond donors (Lipinski definition) is 1. The van der Waals surface area contributed by atoms with E-state index < -0.39 is 0 Å². The van der Waals surface area contributed by atoms with Crippen LogP contribution in [0, 0.1) is 0 Å². The van der Waals surface area contributed by atoms with Crippen LogP contribution in [0.4, 0.5) is 0 Å².